The molecule has 2 aromatic carbocycles. The zero-order valence-electron chi connectivity index (χ0n) is 13.4. The molecule has 0 unspecified atom stereocenters. The molecule has 0 fully saturated rings. The second-order valence-electron chi connectivity index (χ2n) is 5.14. The fourth-order valence-corrected chi connectivity index (χ4v) is 3.73. The molecule has 0 aliphatic carbocycles. The zero-order valence-corrected chi connectivity index (χ0v) is 15.7. The standard InChI is InChI=1S/C16H16Cl2N2O4S/c1-10(16(21)19-12-5-3-4-11(17)8-12)20-25(22,23)13-6-7-15(24-2)14(18)9-13/h3-10,20H,1-2H3,(H,19,21)/t10-/m1/s1. The van der Waals surface area contributed by atoms with Crippen LogP contribution in [-0.2, 0) is 14.8 Å². The van der Waals surface area contributed by atoms with Crippen LogP contribution in [0.3, 0.4) is 0 Å². The molecular weight excluding hydrogens is 387 g/mol. The highest BCUT2D eigenvalue weighted by Gasteiger charge is 2.23. The Bertz CT molecular complexity index is 887. The quantitative estimate of drug-likeness (QED) is 0.775. The lowest BCUT2D eigenvalue weighted by atomic mass is 10.3. The van der Waals surface area contributed by atoms with Crippen LogP contribution in [0.25, 0.3) is 0 Å². The Morgan fingerprint density at radius 2 is 1.88 bits per heavy atom. The van der Waals surface area contributed by atoms with Gasteiger partial charge in [0.1, 0.15) is 5.75 Å². The zero-order chi connectivity index (χ0) is 18.6. The second kappa shape index (κ2) is 8.05. The lowest BCUT2D eigenvalue weighted by Crippen LogP contribution is -2.41. The van der Waals surface area contributed by atoms with Crippen molar-refractivity contribution in [3.63, 3.8) is 0 Å². The van der Waals surface area contributed by atoms with Crippen molar-refractivity contribution in [3.8, 4) is 5.75 Å². The third-order valence-corrected chi connectivity index (χ3v) is 5.32. The van der Waals surface area contributed by atoms with Crippen molar-refractivity contribution >= 4 is 44.8 Å². The van der Waals surface area contributed by atoms with E-state index in [1.165, 1.54) is 32.2 Å². The number of sulfonamides is 1. The minimum Gasteiger partial charge on any atom is -0.495 e. The van der Waals surface area contributed by atoms with E-state index in [0.717, 1.165) is 0 Å². The first-order valence-corrected chi connectivity index (χ1v) is 9.39. The van der Waals surface area contributed by atoms with Crippen molar-refractivity contribution in [2.45, 2.75) is 17.9 Å². The largest absolute Gasteiger partial charge is 0.495 e. The van der Waals surface area contributed by atoms with Crippen molar-refractivity contribution in [2.24, 2.45) is 0 Å². The van der Waals surface area contributed by atoms with Crippen LogP contribution in [-0.4, -0.2) is 27.5 Å². The van der Waals surface area contributed by atoms with Crippen LogP contribution in [0.1, 0.15) is 6.92 Å². The Kier molecular flexibility index (Phi) is 6.29. The van der Waals surface area contributed by atoms with Crippen LogP contribution in [0, 0.1) is 0 Å². The molecule has 6 nitrogen and oxygen atoms in total. The first-order chi connectivity index (χ1) is 11.7. The Balaban J connectivity index is 2.11. The third-order valence-electron chi connectivity index (χ3n) is 3.25. The SMILES string of the molecule is COc1ccc(S(=O)(=O)N[C@H](C)C(=O)Nc2cccc(Cl)c2)cc1Cl. The van der Waals surface area contributed by atoms with Gasteiger partial charge in [0.25, 0.3) is 0 Å². The van der Waals surface area contributed by atoms with Crippen molar-refractivity contribution in [1.29, 1.82) is 0 Å². The van der Waals surface area contributed by atoms with E-state index in [9.17, 15) is 13.2 Å². The number of hydrogen-bond donors (Lipinski definition) is 2. The predicted molar refractivity (Wildman–Crippen MR) is 97.9 cm³/mol. The average Bonchev–Trinajstić information content (AvgIpc) is 2.54. The molecule has 0 spiro atoms. The molecule has 2 aromatic rings. The lowest BCUT2D eigenvalue weighted by molar-refractivity contribution is -0.117. The average molecular weight is 403 g/mol. The van der Waals surface area contributed by atoms with Crippen LogP contribution in [0.5, 0.6) is 5.75 Å². The first kappa shape index (κ1) is 19.5. The van der Waals surface area contributed by atoms with E-state index < -0.39 is 22.0 Å². The van der Waals surface area contributed by atoms with Crippen molar-refractivity contribution in [3.05, 3.63) is 52.5 Å². The summed E-state index contributed by atoms with van der Waals surface area (Å²) in [5, 5.41) is 3.20. The van der Waals surface area contributed by atoms with E-state index in [2.05, 4.69) is 10.0 Å². The first-order valence-electron chi connectivity index (χ1n) is 7.15. The van der Waals surface area contributed by atoms with Crippen LogP contribution in [0.15, 0.2) is 47.4 Å². The van der Waals surface area contributed by atoms with Gasteiger partial charge in [-0.1, -0.05) is 29.3 Å². The molecule has 0 aliphatic rings. The lowest BCUT2D eigenvalue weighted by Gasteiger charge is -2.15. The normalized spacial score (nSPS) is 12.5. The van der Waals surface area contributed by atoms with E-state index in [1.807, 2.05) is 0 Å². The van der Waals surface area contributed by atoms with Crippen LogP contribution in [0.2, 0.25) is 10.0 Å². The summed E-state index contributed by atoms with van der Waals surface area (Å²) in [6, 6.07) is 9.57. The third kappa shape index (κ3) is 5.09. The predicted octanol–water partition coefficient (Wildman–Crippen LogP) is 3.31. The van der Waals surface area contributed by atoms with Gasteiger partial charge in [0, 0.05) is 10.7 Å². The maximum absolute atomic E-state index is 12.4. The van der Waals surface area contributed by atoms with Crippen LogP contribution in [0.4, 0.5) is 5.69 Å². The monoisotopic (exact) mass is 402 g/mol. The van der Waals surface area contributed by atoms with Gasteiger partial charge in [-0.2, -0.15) is 4.72 Å². The number of methoxy groups -OCH3 is 1. The van der Waals surface area contributed by atoms with Crippen LogP contribution < -0.4 is 14.8 Å². The Labute approximate surface area is 156 Å². The van der Waals surface area contributed by atoms with Crippen molar-refractivity contribution in [2.75, 3.05) is 12.4 Å². The Morgan fingerprint density at radius 3 is 2.48 bits per heavy atom. The number of halogens is 2. The maximum Gasteiger partial charge on any atom is 0.242 e. The molecule has 0 heterocycles. The van der Waals surface area contributed by atoms with Crippen molar-refractivity contribution < 1.29 is 17.9 Å². The summed E-state index contributed by atoms with van der Waals surface area (Å²) in [6.45, 7) is 1.43. The fraction of sp³-hybridized carbons (Fsp3) is 0.188. The topological polar surface area (TPSA) is 84.5 Å². The summed E-state index contributed by atoms with van der Waals surface area (Å²) >= 11 is 11.8. The molecule has 1 atom stereocenters. The number of carbonyl (C=O) groups excluding carboxylic acids is 1. The van der Waals surface area contributed by atoms with Gasteiger partial charge in [0.2, 0.25) is 15.9 Å². The molecule has 0 bridgehead atoms. The van der Waals surface area contributed by atoms with E-state index >= 15 is 0 Å². The number of ether oxygens (including phenoxy) is 1. The van der Waals surface area contributed by atoms with Gasteiger partial charge in [-0.15, -0.1) is 0 Å². The number of hydrogen-bond acceptors (Lipinski definition) is 4. The smallest absolute Gasteiger partial charge is 0.242 e. The van der Waals surface area contributed by atoms with E-state index in [4.69, 9.17) is 27.9 Å². The van der Waals surface area contributed by atoms with Gasteiger partial charge in [0.15, 0.2) is 0 Å². The molecule has 134 valence electrons. The van der Waals surface area contributed by atoms with Gasteiger partial charge in [-0.05, 0) is 43.3 Å². The molecule has 0 saturated carbocycles. The van der Waals surface area contributed by atoms with Gasteiger partial charge in [0.05, 0.1) is 23.1 Å². The molecule has 2 rings (SSSR count). The summed E-state index contributed by atoms with van der Waals surface area (Å²) in [5.41, 5.74) is 0.469. The van der Waals surface area contributed by atoms with Gasteiger partial charge < -0.3 is 10.1 Å². The summed E-state index contributed by atoms with van der Waals surface area (Å²) in [4.78, 5) is 12.1. The highest BCUT2D eigenvalue weighted by molar-refractivity contribution is 7.89. The second-order valence-corrected chi connectivity index (χ2v) is 7.70. The number of benzene rings is 2. The van der Waals surface area contributed by atoms with Gasteiger partial charge in [-0.3, -0.25) is 4.79 Å². The minimum atomic E-state index is -3.93. The highest BCUT2D eigenvalue weighted by Crippen LogP contribution is 2.27. The summed E-state index contributed by atoms with van der Waals surface area (Å²) in [5.74, 6) is -0.169. The number of nitrogens with one attached hydrogen (secondary N) is 2. The molecule has 0 aliphatic heterocycles. The summed E-state index contributed by atoms with van der Waals surface area (Å²) in [7, 11) is -2.50. The molecule has 0 aromatic heterocycles. The fourth-order valence-electron chi connectivity index (χ4n) is 1.99. The van der Waals surface area contributed by atoms with Gasteiger partial charge in [-0.25, -0.2) is 8.42 Å². The minimum absolute atomic E-state index is 0.0688. The number of rotatable bonds is 6. The van der Waals surface area contributed by atoms with Crippen molar-refractivity contribution in [1.82, 2.24) is 4.72 Å². The number of carbonyl (C=O) groups is 1. The molecule has 0 saturated heterocycles. The molecule has 25 heavy (non-hydrogen) atoms. The summed E-state index contributed by atoms with van der Waals surface area (Å²) in [6.07, 6.45) is 0. The molecule has 9 heteroatoms. The molecule has 2 N–H and O–H groups in total. The molecule has 0 radical (unpaired) electrons. The van der Waals surface area contributed by atoms with E-state index in [1.54, 1.807) is 24.3 Å². The van der Waals surface area contributed by atoms with E-state index in [-0.39, 0.29) is 9.92 Å². The molecule has 1 amide bonds. The number of anilines is 1. The van der Waals surface area contributed by atoms with E-state index in [0.29, 0.717) is 16.5 Å². The highest BCUT2D eigenvalue weighted by atomic mass is 35.5. The Hall–Kier alpha value is -1.80. The van der Waals surface area contributed by atoms with Gasteiger partial charge >= 0.3 is 0 Å². The molecular formula is C16H16Cl2N2O4S. The van der Waals surface area contributed by atoms with Crippen LogP contribution >= 0.6 is 23.2 Å². The Morgan fingerprint density at radius 1 is 1.16 bits per heavy atom. The number of amides is 1. The summed E-state index contributed by atoms with van der Waals surface area (Å²) < 4.78 is 32.1. The maximum atomic E-state index is 12.4.